The summed E-state index contributed by atoms with van der Waals surface area (Å²) in [4.78, 5) is 25.4. The molecule has 1 heterocycles. The van der Waals surface area contributed by atoms with Gasteiger partial charge in [0, 0.05) is 24.9 Å². The summed E-state index contributed by atoms with van der Waals surface area (Å²) in [5, 5.41) is 0. The Bertz CT molecular complexity index is 468. The van der Waals surface area contributed by atoms with Gasteiger partial charge in [0.1, 0.15) is 6.29 Å². The summed E-state index contributed by atoms with van der Waals surface area (Å²) in [6, 6.07) is 9.83. The Balaban J connectivity index is 1.74. The van der Waals surface area contributed by atoms with Crippen molar-refractivity contribution in [3.63, 3.8) is 0 Å². The van der Waals surface area contributed by atoms with Crippen LogP contribution in [0.5, 0.6) is 0 Å². The molecule has 1 aliphatic carbocycles. The maximum Gasteiger partial charge on any atom is 0.227 e. The number of nitrogens with zero attached hydrogens (tertiary/aromatic N) is 1. The van der Waals surface area contributed by atoms with Crippen molar-refractivity contribution < 1.29 is 14.3 Å². The number of hydrogen-bond donors (Lipinski definition) is 0. The van der Waals surface area contributed by atoms with Crippen molar-refractivity contribution >= 4 is 12.2 Å². The summed E-state index contributed by atoms with van der Waals surface area (Å²) < 4.78 is 5.25. The molecule has 0 N–H and O–H groups in total. The highest BCUT2D eigenvalue weighted by Gasteiger charge is 2.56. The molecular weight excluding hydrogens is 242 g/mol. The van der Waals surface area contributed by atoms with E-state index in [1.807, 2.05) is 35.2 Å². The quantitative estimate of drug-likeness (QED) is 0.763. The highest BCUT2D eigenvalue weighted by molar-refractivity contribution is 5.89. The van der Waals surface area contributed by atoms with Crippen LogP contribution in [0.4, 0.5) is 0 Å². The smallest absolute Gasteiger partial charge is 0.227 e. The van der Waals surface area contributed by atoms with E-state index in [4.69, 9.17) is 4.74 Å². The first kappa shape index (κ1) is 12.4. The van der Waals surface area contributed by atoms with Gasteiger partial charge in [0.05, 0.1) is 19.1 Å². The van der Waals surface area contributed by atoms with Crippen LogP contribution in [-0.4, -0.2) is 43.4 Å². The minimum absolute atomic E-state index is 0.0639. The normalized spacial score (nSPS) is 29.9. The van der Waals surface area contributed by atoms with Gasteiger partial charge in [-0.25, -0.2) is 0 Å². The second kappa shape index (κ2) is 5.13. The monoisotopic (exact) mass is 259 g/mol. The highest BCUT2D eigenvalue weighted by atomic mass is 16.5. The molecule has 4 nitrogen and oxygen atoms in total. The van der Waals surface area contributed by atoms with Gasteiger partial charge in [-0.1, -0.05) is 30.3 Å². The molecule has 1 aliphatic heterocycles. The molecule has 19 heavy (non-hydrogen) atoms. The zero-order valence-electron chi connectivity index (χ0n) is 10.7. The molecule has 100 valence electrons. The number of ether oxygens (including phenoxy) is 1. The van der Waals surface area contributed by atoms with E-state index in [2.05, 4.69) is 0 Å². The number of carbonyl (C=O) groups is 2. The van der Waals surface area contributed by atoms with Gasteiger partial charge in [-0.2, -0.15) is 0 Å². The molecule has 0 radical (unpaired) electrons. The molecular formula is C15H17NO3. The van der Waals surface area contributed by atoms with Crippen LogP contribution in [0.2, 0.25) is 0 Å². The fraction of sp³-hybridized carbons (Fsp3) is 0.467. The lowest BCUT2D eigenvalue weighted by Crippen LogP contribution is -2.42. The molecule has 0 bridgehead atoms. The molecule has 3 atom stereocenters. The Hall–Kier alpha value is -1.68. The standard InChI is InChI=1S/C15H17NO3/c17-10-12-13(11-4-2-1-3-5-11)14(12)15(18)16-6-8-19-9-7-16/h1-5,10,12-14H,6-9H2/t12-,13-,14+/m1/s1. The molecule has 1 saturated carbocycles. The molecule has 1 amide bonds. The van der Waals surface area contributed by atoms with Crippen LogP contribution in [0.1, 0.15) is 11.5 Å². The third kappa shape index (κ3) is 2.28. The number of hydrogen-bond acceptors (Lipinski definition) is 3. The van der Waals surface area contributed by atoms with Gasteiger partial charge < -0.3 is 14.4 Å². The van der Waals surface area contributed by atoms with Gasteiger partial charge in [-0.15, -0.1) is 0 Å². The summed E-state index contributed by atoms with van der Waals surface area (Å²) in [5.41, 5.74) is 1.09. The van der Waals surface area contributed by atoms with Gasteiger partial charge in [0.15, 0.2) is 0 Å². The van der Waals surface area contributed by atoms with Crippen molar-refractivity contribution in [1.82, 2.24) is 4.90 Å². The van der Waals surface area contributed by atoms with Gasteiger partial charge in [-0.05, 0) is 5.56 Å². The van der Waals surface area contributed by atoms with E-state index in [0.717, 1.165) is 11.8 Å². The zero-order valence-corrected chi connectivity index (χ0v) is 10.7. The Labute approximate surface area is 112 Å². The van der Waals surface area contributed by atoms with Crippen LogP contribution >= 0.6 is 0 Å². The van der Waals surface area contributed by atoms with Crippen molar-refractivity contribution in [3.05, 3.63) is 35.9 Å². The van der Waals surface area contributed by atoms with E-state index >= 15 is 0 Å². The fourth-order valence-electron chi connectivity index (χ4n) is 2.92. The summed E-state index contributed by atoms with van der Waals surface area (Å²) in [5.74, 6) is -0.154. The summed E-state index contributed by atoms with van der Waals surface area (Å²) in [6.45, 7) is 2.48. The number of aldehydes is 1. The Morgan fingerprint density at radius 2 is 1.89 bits per heavy atom. The number of morpholine rings is 1. The lowest BCUT2D eigenvalue weighted by Gasteiger charge is -2.27. The van der Waals surface area contributed by atoms with E-state index in [1.54, 1.807) is 0 Å². The maximum absolute atomic E-state index is 12.4. The minimum atomic E-state index is -0.169. The number of amides is 1. The van der Waals surface area contributed by atoms with Crippen molar-refractivity contribution in [2.75, 3.05) is 26.3 Å². The molecule has 4 heteroatoms. The first-order chi connectivity index (χ1) is 9.33. The minimum Gasteiger partial charge on any atom is -0.378 e. The Morgan fingerprint density at radius 3 is 2.53 bits per heavy atom. The average molecular weight is 259 g/mol. The number of benzene rings is 1. The molecule has 1 aromatic carbocycles. The van der Waals surface area contributed by atoms with Crippen LogP contribution in [0.3, 0.4) is 0 Å². The van der Waals surface area contributed by atoms with Crippen LogP contribution in [0, 0.1) is 11.8 Å². The van der Waals surface area contributed by atoms with Gasteiger partial charge in [-0.3, -0.25) is 4.79 Å². The van der Waals surface area contributed by atoms with Crippen LogP contribution in [0.25, 0.3) is 0 Å². The van der Waals surface area contributed by atoms with Crippen LogP contribution in [-0.2, 0) is 14.3 Å². The van der Waals surface area contributed by atoms with E-state index in [-0.39, 0.29) is 23.7 Å². The lowest BCUT2D eigenvalue weighted by molar-refractivity contribution is -0.137. The summed E-state index contributed by atoms with van der Waals surface area (Å²) >= 11 is 0. The van der Waals surface area contributed by atoms with Gasteiger partial charge in [0.2, 0.25) is 5.91 Å². The largest absolute Gasteiger partial charge is 0.378 e. The second-order valence-electron chi connectivity index (χ2n) is 5.11. The third-order valence-corrected chi connectivity index (χ3v) is 4.02. The SMILES string of the molecule is O=C[C@H]1[C@H](C(=O)N2CCOCC2)[C@@H]1c1ccccc1. The first-order valence-electron chi connectivity index (χ1n) is 6.69. The fourth-order valence-corrected chi connectivity index (χ4v) is 2.92. The molecule has 2 fully saturated rings. The third-order valence-electron chi connectivity index (χ3n) is 4.02. The molecule has 1 saturated heterocycles. The topological polar surface area (TPSA) is 46.6 Å². The van der Waals surface area contributed by atoms with Crippen LogP contribution in [0.15, 0.2) is 30.3 Å². The average Bonchev–Trinajstić information content (AvgIpc) is 3.22. The van der Waals surface area contributed by atoms with Crippen molar-refractivity contribution in [2.45, 2.75) is 5.92 Å². The van der Waals surface area contributed by atoms with E-state index in [9.17, 15) is 9.59 Å². The van der Waals surface area contributed by atoms with Crippen LogP contribution < -0.4 is 0 Å². The molecule has 0 aromatic heterocycles. The zero-order chi connectivity index (χ0) is 13.2. The highest BCUT2D eigenvalue weighted by Crippen LogP contribution is 2.53. The number of carbonyl (C=O) groups excluding carboxylic acids is 2. The Kier molecular flexibility index (Phi) is 3.34. The van der Waals surface area contributed by atoms with E-state index in [1.165, 1.54) is 0 Å². The molecule has 3 rings (SSSR count). The van der Waals surface area contributed by atoms with E-state index in [0.29, 0.717) is 26.3 Å². The summed E-state index contributed by atoms with van der Waals surface area (Å²) in [7, 11) is 0. The predicted molar refractivity (Wildman–Crippen MR) is 69.6 cm³/mol. The summed E-state index contributed by atoms with van der Waals surface area (Å²) in [6.07, 6.45) is 0.931. The molecule has 1 aromatic rings. The van der Waals surface area contributed by atoms with Gasteiger partial charge in [0.25, 0.3) is 0 Å². The molecule has 0 unspecified atom stereocenters. The van der Waals surface area contributed by atoms with Crippen molar-refractivity contribution in [1.29, 1.82) is 0 Å². The molecule has 2 aliphatic rings. The van der Waals surface area contributed by atoms with Gasteiger partial charge >= 0.3 is 0 Å². The second-order valence-corrected chi connectivity index (χ2v) is 5.11. The molecule has 0 spiro atoms. The van der Waals surface area contributed by atoms with Crippen molar-refractivity contribution in [3.8, 4) is 0 Å². The maximum atomic E-state index is 12.4. The first-order valence-corrected chi connectivity index (χ1v) is 6.69. The Morgan fingerprint density at radius 1 is 1.21 bits per heavy atom. The van der Waals surface area contributed by atoms with E-state index < -0.39 is 0 Å². The number of rotatable bonds is 3. The van der Waals surface area contributed by atoms with Crippen molar-refractivity contribution in [2.24, 2.45) is 11.8 Å². The predicted octanol–water partition coefficient (Wildman–Crippen LogP) is 1.07. The lowest BCUT2D eigenvalue weighted by atomic mass is 10.1.